The molecule has 6 nitrogen and oxygen atoms in total. The molecule has 0 aliphatic heterocycles. The Morgan fingerprint density at radius 3 is 2.23 bits per heavy atom. The van der Waals surface area contributed by atoms with E-state index in [9.17, 15) is 20.3 Å². The number of hydrogen-bond donors (Lipinski definition) is 2. The molecule has 3 rings (SSSR count). The highest BCUT2D eigenvalue weighted by atomic mass is 16.6. The van der Waals surface area contributed by atoms with Crippen LogP contribution < -0.4 is 0 Å². The average Bonchev–Trinajstić information content (AvgIpc) is 2.77. The van der Waals surface area contributed by atoms with Crippen molar-refractivity contribution in [2.45, 2.75) is 25.5 Å². The van der Waals surface area contributed by atoms with Crippen molar-refractivity contribution in [3.8, 4) is 5.75 Å². The van der Waals surface area contributed by atoms with E-state index in [0.717, 1.165) is 16.7 Å². The van der Waals surface area contributed by atoms with E-state index in [1.165, 1.54) is 12.1 Å². The Kier molecular flexibility index (Phi) is 7.17. The van der Waals surface area contributed by atoms with E-state index in [-0.39, 0.29) is 17.5 Å². The summed E-state index contributed by atoms with van der Waals surface area (Å²) in [5, 5.41) is 31.9. The first-order chi connectivity index (χ1) is 14.5. The zero-order valence-corrected chi connectivity index (χ0v) is 16.9. The maximum atomic E-state index is 10.9. The summed E-state index contributed by atoms with van der Waals surface area (Å²) in [6.07, 6.45) is -0.00591. The van der Waals surface area contributed by atoms with Gasteiger partial charge in [-0.2, -0.15) is 0 Å². The van der Waals surface area contributed by atoms with Crippen molar-refractivity contribution in [1.29, 1.82) is 0 Å². The summed E-state index contributed by atoms with van der Waals surface area (Å²) < 4.78 is 0. The number of non-ortho nitro benzene ring substituents is 1. The summed E-state index contributed by atoms with van der Waals surface area (Å²) in [5.41, 5.74) is 2.67. The Balaban J connectivity index is 1.77. The predicted octanol–water partition coefficient (Wildman–Crippen LogP) is 4.64. The quantitative estimate of drug-likeness (QED) is 0.399. The van der Waals surface area contributed by atoms with E-state index >= 15 is 0 Å². The van der Waals surface area contributed by atoms with Gasteiger partial charge in [-0.1, -0.05) is 60.7 Å². The van der Waals surface area contributed by atoms with Crippen molar-refractivity contribution >= 4 is 5.69 Å². The zero-order valence-electron chi connectivity index (χ0n) is 16.9. The van der Waals surface area contributed by atoms with E-state index in [0.29, 0.717) is 19.5 Å². The number of para-hydroxylation sites is 1. The summed E-state index contributed by atoms with van der Waals surface area (Å²) in [6.45, 7) is 3.02. The fourth-order valence-corrected chi connectivity index (χ4v) is 3.54. The van der Waals surface area contributed by atoms with Crippen LogP contribution in [0.3, 0.4) is 0 Å². The van der Waals surface area contributed by atoms with Gasteiger partial charge in [0.25, 0.3) is 5.69 Å². The van der Waals surface area contributed by atoms with Crippen LogP contribution >= 0.6 is 0 Å². The minimum atomic E-state index is -0.670. The Labute approximate surface area is 176 Å². The first-order valence-electron chi connectivity index (χ1n) is 9.94. The van der Waals surface area contributed by atoms with Crippen LogP contribution in [0.2, 0.25) is 0 Å². The standard InChI is InChI=1S/C24H26N2O4/c1-18(22-9-5-6-10-23(22)27)25(17-24(28)20-7-3-2-4-8-20)16-15-19-11-13-21(14-12-19)26(29)30/h2-14,18,24,27-28H,15-17H2,1H3/t18?,24-/m0/s1. The molecule has 0 saturated carbocycles. The monoisotopic (exact) mass is 406 g/mol. The molecule has 3 aromatic rings. The van der Waals surface area contributed by atoms with Crippen LogP contribution in [0.1, 0.15) is 35.8 Å². The Morgan fingerprint density at radius 2 is 1.60 bits per heavy atom. The lowest BCUT2D eigenvalue weighted by atomic mass is 10.0. The van der Waals surface area contributed by atoms with Crippen LogP contribution in [0.15, 0.2) is 78.9 Å². The SMILES string of the molecule is CC(c1ccccc1O)N(CCc1ccc([N+](=O)[O-])cc1)C[C@H](O)c1ccccc1. The Bertz CT molecular complexity index is 960. The minimum Gasteiger partial charge on any atom is -0.508 e. The molecule has 2 N–H and O–H groups in total. The Morgan fingerprint density at radius 1 is 0.967 bits per heavy atom. The number of benzene rings is 3. The fraction of sp³-hybridized carbons (Fsp3) is 0.250. The van der Waals surface area contributed by atoms with Crippen molar-refractivity contribution in [2.75, 3.05) is 13.1 Å². The molecule has 0 amide bonds. The van der Waals surface area contributed by atoms with Gasteiger partial charge in [0.15, 0.2) is 0 Å². The topological polar surface area (TPSA) is 86.8 Å². The van der Waals surface area contributed by atoms with E-state index in [1.807, 2.05) is 49.4 Å². The lowest BCUT2D eigenvalue weighted by molar-refractivity contribution is -0.384. The summed E-state index contributed by atoms with van der Waals surface area (Å²) in [5.74, 6) is 0.222. The highest BCUT2D eigenvalue weighted by Gasteiger charge is 2.22. The molecular formula is C24H26N2O4. The number of rotatable bonds is 9. The third kappa shape index (κ3) is 5.43. The maximum absolute atomic E-state index is 10.9. The second-order valence-corrected chi connectivity index (χ2v) is 7.33. The average molecular weight is 406 g/mol. The largest absolute Gasteiger partial charge is 0.508 e. The zero-order chi connectivity index (χ0) is 21.5. The molecule has 0 aliphatic carbocycles. The molecular weight excluding hydrogens is 380 g/mol. The molecule has 1 unspecified atom stereocenters. The lowest BCUT2D eigenvalue weighted by Crippen LogP contribution is -2.33. The molecule has 30 heavy (non-hydrogen) atoms. The number of aromatic hydroxyl groups is 1. The van der Waals surface area contributed by atoms with Crippen LogP contribution in [-0.2, 0) is 6.42 Å². The molecule has 0 fully saturated rings. The second kappa shape index (κ2) is 10.0. The molecule has 156 valence electrons. The number of phenols is 1. The molecule has 0 aromatic heterocycles. The summed E-state index contributed by atoms with van der Waals surface area (Å²) in [4.78, 5) is 12.6. The molecule has 0 aliphatic rings. The molecule has 2 atom stereocenters. The van der Waals surface area contributed by atoms with E-state index in [2.05, 4.69) is 4.90 Å². The van der Waals surface area contributed by atoms with Gasteiger partial charge in [0, 0.05) is 36.8 Å². The summed E-state index contributed by atoms with van der Waals surface area (Å²) in [6, 6.07) is 23.1. The first-order valence-corrected chi connectivity index (χ1v) is 9.94. The third-order valence-electron chi connectivity index (χ3n) is 5.36. The molecule has 0 bridgehead atoms. The van der Waals surface area contributed by atoms with Gasteiger partial charge in [0.1, 0.15) is 5.75 Å². The van der Waals surface area contributed by atoms with Gasteiger partial charge in [0.2, 0.25) is 0 Å². The predicted molar refractivity (Wildman–Crippen MR) is 116 cm³/mol. The highest BCUT2D eigenvalue weighted by Crippen LogP contribution is 2.30. The lowest BCUT2D eigenvalue weighted by Gasteiger charge is -2.32. The van der Waals surface area contributed by atoms with Gasteiger partial charge in [0.05, 0.1) is 11.0 Å². The van der Waals surface area contributed by atoms with Crippen LogP contribution in [-0.4, -0.2) is 33.1 Å². The van der Waals surface area contributed by atoms with E-state index in [4.69, 9.17) is 0 Å². The van der Waals surface area contributed by atoms with Crippen LogP contribution in [0.4, 0.5) is 5.69 Å². The van der Waals surface area contributed by atoms with Gasteiger partial charge in [-0.25, -0.2) is 0 Å². The molecule has 6 heteroatoms. The van der Waals surface area contributed by atoms with E-state index in [1.54, 1.807) is 24.3 Å². The Hall–Kier alpha value is -3.22. The van der Waals surface area contributed by atoms with Crippen LogP contribution in [0, 0.1) is 10.1 Å². The smallest absolute Gasteiger partial charge is 0.269 e. The van der Waals surface area contributed by atoms with E-state index < -0.39 is 11.0 Å². The van der Waals surface area contributed by atoms with Crippen molar-refractivity contribution in [2.24, 2.45) is 0 Å². The molecule has 0 heterocycles. The summed E-state index contributed by atoms with van der Waals surface area (Å²) >= 11 is 0. The normalized spacial score (nSPS) is 13.2. The first kappa shape index (κ1) is 21.5. The number of phenolic OH excluding ortho intramolecular Hbond substituents is 1. The number of nitro benzene ring substituents is 1. The number of hydrogen-bond acceptors (Lipinski definition) is 5. The van der Waals surface area contributed by atoms with Gasteiger partial charge < -0.3 is 10.2 Å². The molecule has 3 aromatic carbocycles. The number of nitro groups is 1. The van der Waals surface area contributed by atoms with Crippen LogP contribution in [0.25, 0.3) is 0 Å². The van der Waals surface area contributed by atoms with Crippen molar-refractivity contribution in [3.63, 3.8) is 0 Å². The number of nitrogens with zero attached hydrogens (tertiary/aromatic N) is 2. The van der Waals surface area contributed by atoms with Crippen molar-refractivity contribution in [3.05, 3.63) is 106 Å². The highest BCUT2D eigenvalue weighted by molar-refractivity contribution is 5.35. The molecule has 0 saturated heterocycles. The van der Waals surface area contributed by atoms with Gasteiger partial charge in [-0.05, 0) is 30.5 Å². The molecule has 0 spiro atoms. The maximum Gasteiger partial charge on any atom is 0.269 e. The number of aliphatic hydroxyl groups is 1. The van der Waals surface area contributed by atoms with Gasteiger partial charge in [-0.3, -0.25) is 15.0 Å². The van der Waals surface area contributed by atoms with Crippen molar-refractivity contribution in [1.82, 2.24) is 4.90 Å². The van der Waals surface area contributed by atoms with Crippen molar-refractivity contribution < 1.29 is 15.1 Å². The second-order valence-electron chi connectivity index (χ2n) is 7.33. The van der Waals surface area contributed by atoms with Gasteiger partial charge in [-0.15, -0.1) is 0 Å². The fourth-order valence-electron chi connectivity index (χ4n) is 3.54. The van der Waals surface area contributed by atoms with Crippen LogP contribution in [0.5, 0.6) is 5.75 Å². The summed E-state index contributed by atoms with van der Waals surface area (Å²) in [7, 11) is 0. The minimum absolute atomic E-state index is 0.0673. The number of aliphatic hydroxyl groups excluding tert-OH is 1. The van der Waals surface area contributed by atoms with Gasteiger partial charge >= 0.3 is 0 Å². The third-order valence-corrected chi connectivity index (χ3v) is 5.36. The molecule has 0 radical (unpaired) electrons.